The molecule has 1 fully saturated rings. The third kappa shape index (κ3) is 12.1. The van der Waals surface area contributed by atoms with Crippen molar-refractivity contribution in [2.75, 3.05) is 19.6 Å². The number of rotatable bonds is 23. The van der Waals surface area contributed by atoms with E-state index >= 15 is 0 Å². The standard InChI is InChI=1S/C36H60N4O2/c1-3-5-7-9-11-13-15-19-26-40(27-20-16-14-12-10-8-6-4-2)36(42)34(39-35(41)33-24-21-25-37-33)28-30-29-38-32-23-18-17-22-31(30)32/h17-18,22-23,29,33-34,37-38H,3-16,19-21,24-28H2,1-2H3,(H,39,41)/t33-,34-/m0/s1. The number of carbonyl (C=O) groups is 2. The van der Waals surface area contributed by atoms with Crippen LogP contribution < -0.4 is 10.6 Å². The van der Waals surface area contributed by atoms with Crippen LogP contribution >= 0.6 is 0 Å². The third-order valence-electron chi connectivity index (χ3n) is 8.97. The van der Waals surface area contributed by atoms with E-state index in [4.69, 9.17) is 0 Å². The van der Waals surface area contributed by atoms with Crippen molar-refractivity contribution >= 4 is 22.7 Å². The second kappa shape index (κ2) is 20.5. The summed E-state index contributed by atoms with van der Waals surface area (Å²) in [5, 5.41) is 7.63. The molecule has 1 aliphatic heterocycles. The van der Waals surface area contributed by atoms with Crippen molar-refractivity contribution in [2.45, 2.75) is 148 Å². The average Bonchev–Trinajstić information content (AvgIpc) is 3.69. The van der Waals surface area contributed by atoms with E-state index in [1.54, 1.807) is 0 Å². The molecule has 0 unspecified atom stereocenters. The number of aromatic amines is 1. The van der Waals surface area contributed by atoms with Gasteiger partial charge in [-0.15, -0.1) is 0 Å². The number of para-hydroxylation sites is 1. The molecule has 2 heterocycles. The third-order valence-corrected chi connectivity index (χ3v) is 8.97. The van der Waals surface area contributed by atoms with Crippen LogP contribution in [0.2, 0.25) is 0 Å². The number of amides is 2. The number of nitrogens with zero attached hydrogens (tertiary/aromatic N) is 1. The molecule has 1 saturated heterocycles. The lowest BCUT2D eigenvalue weighted by Crippen LogP contribution is -2.53. The quantitative estimate of drug-likeness (QED) is 0.116. The highest BCUT2D eigenvalue weighted by Gasteiger charge is 2.30. The Kier molecular flexibility index (Phi) is 16.7. The molecule has 1 aromatic heterocycles. The summed E-state index contributed by atoms with van der Waals surface area (Å²) >= 11 is 0. The Hall–Kier alpha value is -2.34. The van der Waals surface area contributed by atoms with Gasteiger partial charge in [-0.05, 0) is 43.9 Å². The van der Waals surface area contributed by atoms with Crippen LogP contribution in [0.1, 0.15) is 135 Å². The van der Waals surface area contributed by atoms with Crippen molar-refractivity contribution < 1.29 is 9.59 Å². The Morgan fingerprint density at radius 2 is 1.40 bits per heavy atom. The molecule has 0 spiro atoms. The van der Waals surface area contributed by atoms with E-state index in [2.05, 4.69) is 46.5 Å². The van der Waals surface area contributed by atoms with Crippen molar-refractivity contribution in [3.63, 3.8) is 0 Å². The monoisotopic (exact) mass is 580 g/mol. The molecule has 42 heavy (non-hydrogen) atoms. The van der Waals surface area contributed by atoms with E-state index in [0.717, 1.165) is 61.8 Å². The maximum absolute atomic E-state index is 14.2. The molecule has 1 aromatic carbocycles. The van der Waals surface area contributed by atoms with E-state index in [1.807, 2.05) is 18.3 Å². The second-order valence-corrected chi connectivity index (χ2v) is 12.5. The van der Waals surface area contributed by atoms with Gasteiger partial charge in [0, 0.05) is 36.6 Å². The molecular formula is C36H60N4O2. The van der Waals surface area contributed by atoms with Gasteiger partial charge < -0.3 is 20.5 Å². The molecule has 0 saturated carbocycles. The van der Waals surface area contributed by atoms with E-state index in [1.165, 1.54) is 89.9 Å². The van der Waals surface area contributed by atoms with Gasteiger partial charge in [0.2, 0.25) is 11.8 Å². The molecule has 1 aliphatic rings. The molecule has 0 aliphatic carbocycles. The number of fused-ring (bicyclic) bond motifs is 1. The summed E-state index contributed by atoms with van der Waals surface area (Å²) in [5.74, 6) is 0.0438. The fraction of sp³-hybridized carbons (Fsp3) is 0.722. The van der Waals surface area contributed by atoms with Crippen molar-refractivity contribution in [2.24, 2.45) is 0 Å². The van der Waals surface area contributed by atoms with Crippen LogP contribution in [-0.4, -0.2) is 53.4 Å². The maximum Gasteiger partial charge on any atom is 0.245 e. The largest absolute Gasteiger partial charge is 0.361 e. The minimum atomic E-state index is -0.554. The van der Waals surface area contributed by atoms with Gasteiger partial charge in [0.25, 0.3) is 0 Å². The van der Waals surface area contributed by atoms with Crippen LogP contribution in [0.4, 0.5) is 0 Å². The normalized spacial score (nSPS) is 15.7. The lowest BCUT2D eigenvalue weighted by atomic mass is 10.0. The van der Waals surface area contributed by atoms with Gasteiger partial charge in [-0.2, -0.15) is 0 Å². The van der Waals surface area contributed by atoms with Gasteiger partial charge in [-0.25, -0.2) is 0 Å². The first-order valence-corrected chi connectivity index (χ1v) is 17.5. The summed E-state index contributed by atoms with van der Waals surface area (Å²) in [6.07, 6.45) is 24.4. The number of unbranched alkanes of at least 4 members (excludes halogenated alkanes) is 14. The summed E-state index contributed by atoms with van der Waals surface area (Å²) in [4.78, 5) is 32.9. The van der Waals surface area contributed by atoms with Gasteiger partial charge in [0.1, 0.15) is 6.04 Å². The van der Waals surface area contributed by atoms with Crippen molar-refractivity contribution in [1.82, 2.24) is 20.5 Å². The van der Waals surface area contributed by atoms with Crippen LogP contribution in [0.25, 0.3) is 10.9 Å². The van der Waals surface area contributed by atoms with Crippen molar-refractivity contribution in [3.05, 3.63) is 36.0 Å². The van der Waals surface area contributed by atoms with Crippen LogP contribution in [0.5, 0.6) is 0 Å². The molecule has 3 N–H and O–H groups in total. The summed E-state index contributed by atoms with van der Waals surface area (Å²) in [7, 11) is 0. The van der Waals surface area contributed by atoms with Gasteiger partial charge in [0.05, 0.1) is 6.04 Å². The van der Waals surface area contributed by atoms with E-state index in [0.29, 0.717) is 6.42 Å². The summed E-state index contributed by atoms with van der Waals surface area (Å²) in [6.45, 7) is 6.95. The lowest BCUT2D eigenvalue weighted by Gasteiger charge is -2.29. The zero-order valence-electron chi connectivity index (χ0n) is 26.9. The number of hydrogen-bond donors (Lipinski definition) is 3. The molecule has 6 nitrogen and oxygen atoms in total. The van der Waals surface area contributed by atoms with Crippen molar-refractivity contribution in [1.29, 1.82) is 0 Å². The van der Waals surface area contributed by atoms with E-state index in [-0.39, 0.29) is 17.9 Å². The lowest BCUT2D eigenvalue weighted by molar-refractivity contribution is -0.137. The fourth-order valence-corrected chi connectivity index (χ4v) is 6.33. The van der Waals surface area contributed by atoms with Crippen molar-refractivity contribution in [3.8, 4) is 0 Å². The topological polar surface area (TPSA) is 77.2 Å². The van der Waals surface area contributed by atoms with Crippen LogP contribution in [0, 0.1) is 0 Å². The predicted molar refractivity (Wildman–Crippen MR) is 177 cm³/mol. The van der Waals surface area contributed by atoms with Gasteiger partial charge in [-0.1, -0.05) is 122 Å². The van der Waals surface area contributed by atoms with Gasteiger partial charge in [0.15, 0.2) is 0 Å². The second-order valence-electron chi connectivity index (χ2n) is 12.5. The Morgan fingerprint density at radius 3 is 1.98 bits per heavy atom. The Labute approximate surface area is 256 Å². The maximum atomic E-state index is 14.2. The highest BCUT2D eigenvalue weighted by atomic mass is 16.2. The van der Waals surface area contributed by atoms with Crippen LogP contribution in [0.15, 0.2) is 30.5 Å². The predicted octanol–water partition coefficient (Wildman–Crippen LogP) is 8.06. The minimum Gasteiger partial charge on any atom is -0.361 e. The highest BCUT2D eigenvalue weighted by Crippen LogP contribution is 2.21. The smallest absolute Gasteiger partial charge is 0.245 e. The van der Waals surface area contributed by atoms with Gasteiger partial charge in [-0.3, -0.25) is 9.59 Å². The first-order chi connectivity index (χ1) is 20.6. The fourth-order valence-electron chi connectivity index (χ4n) is 6.33. The molecule has 2 amide bonds. The SMILES string of the molecule is CCCCCCCCCCN(CCCCCCCCCC)C(=O)[C@H](Cc1c[nH]c2ccccc12)NC(=O)[C@@H]1CCCN1. The first kappa shape index (κ1) is 34.2. The summed E-state index contributed by atoms with van der Waals surface area (Å²) < 4.78 is 0. The Morgan fingerprint density at radius 1 is 0.833 bits per heavy atom. The molecule has 0 radical (unpaired) electrons. The molecule has 236 valence electrons. The van der Waals surface area contributed by atoms with Gasteiger partial charge >= 0.3 is 0 Å². The number of H-pyrrole nitrogens is 1. The Bertz CT molecular complexity index is 993. The highest BCUT2D eigenvalue weighted by molar-refractivity contribution is 5.91. The number of carbonyl (C=O) groups excluding carboxylic acids is 2. The van der Waals surface area contributed by atoms with Crippen LogP contribution in [0.3, 0.4) is 0 Å². The molecular weight excluding hydrogens is 520 g/mol. The number of benzene rings is 1. The van der Waals surface area contributed by atoms with Crippen LogP contribution in [-0.2, 0) is 16.0 Å². The summed E-state index contributed by atoms with van der Waals surface area (Å²) in [5.41, 5.74) is 2.15. The zero-order valence-corrected chi connectivity index (χ0v) is 26.9. The first-order valence-electron chi connectivity index (χ1n) is 17.5. The molecule has 0 bridgehead atoms. The Balaban J connectivity index is 1.63. The molecule has 6 heteroatoms. The minimum absolute atomic E-state index is 0.0372. The molecule has 2 aromatic rings. The van der Waals surface area contributed by atoms with E-state index < -0.39 is 6.04 Å². The van der Waals surface area contributed by atoms with E-state index in [9.17, 15) is 9.59 Å². The summed E-state index contributed by atoms with van der Waals surface area (Å²) in [6, 6.07) is 7.47. The number of aromatic nitrogens is 1. The zero-order chi connectivity index (χ0) is 29.8. The molecule has 3 rings (SSSR count). The number of nitrogens with one attached hydrogen (secondary N) is 3. The molecule has 2 atom stereocenters. The number of hydrogen-bond acceptors (Lipinski definition) is 3. The average molecular weight is 581 g/mol.